The second kappa shape index (κ2) is 7.97. The van der Waals surface area contributed by atoms with E-state index in [1.807, 2.05) is 0 Å². The Bertz CT molecular complexity index is 264. The number of Topliss-reactive ketones (excluding diaryl/α,β-unsaturated/α-hetero) is 1. The van der Waals surface area contributed by atoms with Crippen LogP contribution in [-0.4, -0.2) is 18.4 Å². The lowest BCUT2D eigenvalue weighted by Gasteiger charge is -2.04. The Morgan fingerprint density at radius 1 is 1.40 bits per heavy atom. The van der Waals surface area contributed by atoms with Crippen molar-refractivity contribution in [3.63, 3.8) is 0 Å². The summed E-state index contributed by atoms with van der Waals surface area (Å²) < 4.78 is 4.77. The third-order valence-electron chi connectivity index (χ3n) is 1.90. The summed E-state index contributed by atoms with van der Waals surface area (Å²) in [6.45, 7) is 7.24. The van der Waals surface area contributed by atoms with Crippen LogP contribution in [0.5, 0.6) is 0 Å². The molecular weight excluding hydrogens is 192 g/mol. The Labute approximate surface area is 90.8 Å². The molecule has 0 rings (SSSR count). The normalized spacial score (nSPS) is 10.9. The molecule has 0 unspecified atom stereocenters. The van der Waals surface area contributed by atoms with E-state index in [4.69, 9.17) is 4.74 Å². The lowest BCUT2D eigenvalue weighted by molar-refractivity contribution is -0.140. The van der Waals surface area contributed by atoms with Crippen LogP contribution in [0.1, 0.15) is 33.1 Å². The fourth-order valence-electron chi connectivity index (χ4n) is 1.14. The molecule has 0 aromatic rings. The van der Waals surface area contributed by atoms with E-state index in [0.29, 0.717) is 6.42 Å². The largest absolute Gasteiger partial charge is 0.462 e. The highest BCUT2D eigenvalue weighted by molar-refractivity contribution is 6.17. The van der Waals surface area contributed by atoms with Gasteiger partial charge in [-0.3, -0.25) is 4.79 Å². The standard InChI is InChI=1S/C12H18O3/c1-4-7-8-9-11(13)10(5-2)12(14)15-6-3/h4-5H,1,6-9H2,2-3H3. The number of ether oxygens (including phenoxy) is 1. The molecule has 0 atom stereocenters. The van der Waals surface area contributed by atoms with Crippen LogP contribution in [0.25, 0.3) is 0 Å². The Morgan fingerprint density at radius 2 is 2.07 bits per heavy atom. The number of esters is 1. The van der Waals surface area contributed by atoms with Gasteiger partial charge in [0.15, 0.2) is 5.78 Å². The molecule has 0 N–H and O–H groups in total. The zero-order chi connectivity index (χ0) is 11.7. The summed E-state index contributed by atoms with van der Waals surface area (Å²) >= 11 is 0. The monoisotopic (exact) mass is 210 g/mol. The Morgan fingerprint density at radius 3 is 2.53 bits per heavy atom. The Hall–Kier alpha value is -1.38. The van der Waals surface area contributed by atoms with Crippen molar-refractivity contribution in [3.8, 4) is 0 Å². The summed E-state index contributed by atoms with van der Waals surface area (Å²) in [5.74, 6) is -0.679. The molecule has 0 aliphatic heterocycles. The molecule has 0 fully saturated rings. The van der Waals surface area contributed by atoms with E-state index in [0.717, 1.165) is 12.8 Å². The number of ketones is 1. The Kier molecular flexibility index (Phi) is 7.24. The second-order valence-corrected chi connectivity index (χ2v) is 3.03. The minimum Gasteiger partial charge on any atom is -0.462 e. The molecule has 3 heteroatoms. The van der Waals surface area contributed by atoms with Crippen LogP contribution in [0.4, 0.5) is 0 Å². The molecule has 0 aromatic heterocycles. The fraction of sp³-hybridized carbons (Fsp3) is 0.500. The molecule has 0 amide bonds. The quantitative estimate of drug-likeness (QED) is 0.162. The SMILES string of the molecule is C=CCCCC(=O)C(=CC)C(=O)OCC. The fourth-order valence-corrected chi connectivity index (χ4v) is 1.14. The van der Waals surface area contributed by atoms with Crippen LogP contribution in [0, 0.1) is 0 Å². The Balaban J connectivity index is 4.23. The highest BCUT2D eigenvalue weighted by atomic mass is 16.5. The molecule has 15 heavy (non-hydrogen) atoms. The van der Waals surface area contributed by atoms with Crippen molar-refractivity contribution >= 4 is 11.8 Å². The summed E-state index contributed by atoms with van der Waals surface area (Å²) in [6, 6.07) is 0. The number of carbonyl (C=O) groups is 2. The van der Waals surface area contributed by atoms with Gasteiger partial charge in [0.25, 0.3) is 0 Å². The smallest absolute Gasteiger partial charge is 0.341 e. The summed E-state index contributed by atoms with van der Waals surface area (Å²) in [5, 5.41) is 0. The molecule has 0 bridgehead atoms. The topological polar surface area (TPSA) is 43.4 Å². The molecule has 0 heterocycles. The van der Waals surface area contributed by atoms with Crippen LogP contribution in [0.3, 0.4) is 0 Å². The first-order valence-electron chi connectivity index (χ1n) is 5.14. The first-order chi connectivity index (χ1) is 7.17. The summed E-state index contributed by atoms with van der Waals surface area (Å²) in [5.41, 5.74) is 0.154. The van der Waals surface area contributed by atoms with Crippen LogP contribution in [0.2, 0.25) is 0 Å². The second-order valence-electron chi connectivity index (χ2n) is 3.03. The van der Waals surface area contributed by atoms with Gasteiger partial charge < -0.3 is 4.74 Å². The van der Waals surface area contributed by atoms with Gasteiger partial charge in [-0.2, -0.15) is 0 Å². The molecular formula is C12H18O3. The molecule has 0 aliphatic carbocycles. The van der Waals surface area contributed by atoms with Crippen LogP contribution < -0.4 is 0 Å². The molecule has 3 nitrogen and oxygen atoms in total. The van der Waals surface area contributed by atoms with E-state index in [1.165, 1.54) is 6.08 Å². The minimum atomic E-state index is -0.524. The average Bonchev–Trinajstić information content (AvgIpc) is 2.19. The predicted molar refractivity (Wildman–Crippen MR) is 59.4 cm³/mol. The van der Waals surface area contributed by atoms with Gasteiger partial charge in [0, 0.05) is 6.42 Å². The van der Waals surface area contributed by atoms with Gasteiger partial charge in [-0.1, -0.05) is 12.2 Å². The van der Waals surface area contributed by atoms with Crippen LogP contribution >= 0.6 is 0 Å². The zero-order valence-electron chi connectivity index (χ0n) is 9.41. The van der Waals surface area contributed by atoms with Crippen molar-refractivity contribution in [2.24, 2.45) is 0 Å². The van der Waals surface area contributed by atoms with Crippen molar-refractivity contribution in [2.45, 2.75) is 33.1 Å². The molecule has 0 saturated heterocycles. The molecule has 0 aromatic carbocycles. The van der Waals surface area contributed by atoms with E-state index in [-0.39, 0.29) is 18.0 Å². The van der Waals surface area contributed by atoms with Gasteiger partial charge in [-0.25, -0.2) is 4.79 Å². The van der Waals surface area contributed by atoms with Gasteiger partial charge in [0.1, 0.15) is 0 Å². The third kappa shape index (κ3) is 5.15. The number of hydrogen-bond acceptors (Lipinski definition) is 3. The number of rotatable bonds is 7. The number of hydrogen-bond donors (Lipinski definition) is 0. The maximum Gasteiger partial charge on any atom is 0.341 e. The van der Waals surface area contributed by atoms with Crippen molar-refractivity contribution in [1.29, 1.82) is 0 Å². The number of carbonyl (C=O) groups excluding carboxylic acids is 2. The maximum atomic E-state index is 11.6. The first kappa shape index (κ1) is 13.6. The van der Waals surface area contributed by atoms with Crippen molar-refractivity contribution < 1.29 is 14.3 Å². The summed E-state index contributed by atoms with van der Waals surface area (Å²) in [7, 11) is 0. The third-order valence-corrected chi connectivity index (χ3v) is 1.90. The summed E-state index contributed by atoms with van der Waals surface area (Å²) in [4.78, 5) is 22.9. The van der Waals surface area contributed by atoms with Gasteiger partial charge in [0.2, 0.25) is 0 Å². The van der Waals surface area contributed by atoms with E-state index in [2.05, 4.69) is 6.58 Å². The van der Waals surface area contributed by atoms with Crippen molar-refractivity contribution in [1.82, 2.24) is 0 Å². The average molecular weight is 210 g/mol. The highest BCUT2D eigenvalue weighted by Gasteiger charge is 2.17. The molecule has 84 valence electrons. The van der Waals surface area contributed by atoms with Gasteiger partial charge in [-0.05, 0) is 26.7 Å². The maximum absolute atomic E-state index is 11.6. The first-order valence-corrected chi connectivity index (χ1v) is 5.14. The van der Waals surface area contributed by atoms with E-state index >= 15 is 0 Å². The van der Waals surface area contributed by atoms with Crippen LogP contribution in [0.15, 0.2) is 24.3 Å². The van der Waals surface area contributed by atoms with Gasteiger partial charge in [0.05, 0.1) is 12.2 Å². The van der Waals surface area contributed by atoms with E-state index < -0.39 is 5.97 Å². The highest BCUT2D eigenvalue weighted by Crippen LogP contribution is 2.07. The van der Waals surface area contributed by atoms with Crippen molar-refractivity contribution in [2.75, 3.05) is 6.61 Å². The lowest BCUT2D eigenvalue weighted by atomic mass is 10.1. The van der Waals surface area contributed by atoms with E-state index in [1.54, 1.807) is 19.9 Å². The number of allylic oxidation sites excluding steroid dienone is 2. The summed E-state index contributed by atoms with van der Waals surface area (Å²) in [6.07, 6.45) is 5.14. The van der Waals surface area contributed by atoms with Gasteiger partial charge in [-0.15, -0.1) is 6.58 Å². The van der Waals surface area contributed by atoms with E-state index in [9.17, 15) is 9.59 Å². The predicted octanol–water partition coefficient (Wildman–Crippen LogP) is 2.42. The molecule has 0 aliphatic rings. The molecule has 0 spiro atoms. The molecule has 0 saturated carbocycles. The van der Waals surface area contributed by atoms with Crippen molar-refractivity contribution in [3.05, 3.63) is 24.3 Å². The van der Waals surface area contributed by atoms with Crippen LogP contribution in [-0.2, 0) is 14.3 Å². The number of unbranched alkanes of at least 4 members (excludes halogenated alkanes) is 1. The molecule has 0 radical (unpaired) electrons. The lowest BCUT2D eigenvalue weighted by Crippen LogP contribution is -2.15. The minimum absolute atomic E-state index is 0.154. The zero-order valence-corrected chi connectivity index (χ0v) is 9.41. The van der Waals surface area contributed by atoms with Gasteiger partial charge >= 0.3 is 5.97 Å².